The van der Waals surface area contributed by atoms with Gasteiger partial charge >= 0.3 is 5.97 Å². The maximum absolute atomic E-state index is 11.1. The molecule has 16 heavy (non-hydrogen) atoms. The van der Waals surface area contributed by atoms with Crippen molar-refractivity contribution in [3.05, 3.63) is 36.0 Å². The number of rotatable bonds is 3. The number of aromatic nitrogens is 1. The first-order valence-electron chi connectivity index (χ1n) is 5.50. The van der Waals surface area contributed by atoms with Crippen LogP contribution in [0.25, 0.3) is 10.9 Å². The van der Waals surface area contributed by atoms with Gasteiger partial charge in [-0.3, -0.25) is 4.79 Å². The number of aromatic amines is 1. The summed E-state index contributed by atoms with van der Waals surface area (Å²) < 4.78 is 0. The van der Waals surface area contributed by atoms with E-state index in [9.17, 15) is 4.79 Å². The molecule has 3 nitrogen and oxygen atoms in total. The third kappa shape index (κ3) is 1.40. The Kier molecular flexibility index (Phi) is 1.84. The zero-order chi connectivity index (χ0) is 11.2. The van der Waals surface area contributed by atoms with E-state index in [1.807, 2.05) is 24.3 Å². The van der Waals surface area contributed by atoms with Crippen LogP contribution in [0.4, 0.5) is 0 Å². The monoisotopic (exact) mass is 215 g/mol. The number of fused-ring (bicyclic) bond motifs is 1. The van der Waals surface area contributed by atoms with Gasteiger partial charge in [0.1, 0.15) is 0 Å². The number of carboxylic acid groups (broad SMARTS) is 1. The molecule has 1 aliphatic rings. The van der Waals surface area contributed by atoms with E-state index in [4.69, 9.17) is 5.11 Å². The van der Waals surface area contributed by atoms with Crippen molar-refractivity contribution in [2.45, 2.75) is 19.3 Å². The van der Waals surface area contributed by atoms with Gasteiger partial charge in [0.25, 0.3) is 0 Å². The average molecular weight is 215 g/mol. The Morgan fingerprint density at radius 1 is 1.38 bits per heavy atom. The number of carbonyl (C=O) groups is 1. The molecule has 0 saturated heterocycles. The number of para-hydroxylation sites is 1. The van der Waals surface area contributed by atoms with E-state index in [-0.39, 0.29) is 0 Å². The number of nitrogens with one attached hydrogen (secondary N) is 1. The molecule has 3 heteroatoms. The summed E-state index contributed by atoms with van der Waals surface area (Å²) in [6.45, 7) is 0. The van der Waals surface area contributed by atoms with Gasteiger partial charge in [-0.05, 0) is 30.4 Å². The van der Waals surface area contributed by atoms with Gasteiger partial charge in [0.15, 0.2) is 0 Å². The molecule has 0 bridgehead atoms. The summed E-state index contributed by atoms with van der Waals surface area (Å²) in [7, 11) is 0. The Morgan fingerprint density at radius 2 is 2.12 bits per heavy atom. The largest absolute Gasteiger partial charge is 0.481 e. The number of carboxylic acids is 1. The number of aliphatic carboxylic acids is 1. The number of benzene rings is 1. The van der Waals surface area contributed by atoms with Crippen LogP contribution in [0, 0.1) is 5.41 Å². The van der Waals surface area contributed by atoms with Crippen LogP contribution in [-0.4, -0.2) is 16.1 Å². The molecule has 82 valence electrons. The van der Waals surface area contributed by atoms with Gasteiger partial charge in [-0.15, -0.1) is 0 Å². The molecule has 1 saturated carbocycles. The lowest BCUT2D eigenvalue weighted by molar-refractivity contribution is -0.143. The van der Waals surface area contributed by atoms with Gasteiger partial charge in [0.2, 0.25) is 0 Å². The minimum absolute atomic E-state index is 0.485. The van der Waals surface area contributed by atoms with E-state index in [2.05, 4.69) is 11.1 Å². The highest BCUT2D eigenvalue weighted by atomic mass is 16.4. The fourth-order valence-electron chi connectivity index (χ4n) is 2.21. The molecule has 3 rings (SSSR count). The van der Waals surface area contributed by atoms with Crippen molar-refractivity contribution in [2.75, 3.05) is 0 Å². The summed E-state index contributed by atoms with van der Waals surface area (Å²) in [6, 6.07) is 10.1. The zero-order valence-electron chi connectivity index (χ0n) is 8.86. The lowest BCUT2D eigenvalue weighted by Crippen LogP contribution is -2.17. The molecule has 2 N–H and O–H groups in total. The predicted molar refractivity (Wildman–Crippen MR) is 61.3 cm³/mol. The minimum Gasteiger partial charge on any atom is -0.481 e. The van der Waals surface area contributed by atoms with Crippen LogP contribution in [0.1, 0.15) is 18.5 Å². The fourth-order valence-corrected chi connectivity index (χ4v) is 2.21. The van der Waals surface area contributed by atoms with Crippen LogP contribution in [0.5, 0.6) is 0 Å². The first-order chi connectivity index (χ1) is 7.70. The standard InChI is InChI=1S/C13H13NO2/c15-12(16)13(5-6-13)8-10-7-9-3-1-2-4-11(9)14-10/h1-4,7,14H,5-6,8H2,(H,15,16). The Hall–Kier alpha value is -1.77. The molecule has 0 spiro atoms. The van der Waals surface area contributed by atoms with Crippen molar-refractivity contribution in [3.8, 4) is 0 Å². The molecule has 0 aliphatic heterocycles. The van der Waals surface area contributed by atoms with E-state index in [1.165, 1.54) is 0 Å². The lowest BCUT2D eigenvalue weighted by Gasteiger charge is -2.06. The fraction of sp³-hybridized carbons (Fsp3) is 0.308. The SMILES string of the molecule is O=C(O)C1(Cc2cc3ccccc3[nH]2)CC1. The molecule has 1 heterocycles. The summed E-state index contributed by atoms with van der Waals surface area (Å²) in [6.07, 6.45) is 2.23. The second-order valence-corrected chi connectivity index (χ2v) is 4.64. The quantitative estimate of drug-likeness (QED) is 0.826. The van der Waals surface area contributed by atoms with Gasteiger partial charge in [0.05, 0.1) is 5.41 Å². The number of hydrogen-bond acceptors (Lipinski definition) is 1. The Bertz CT molecular complexity index is 519. The van der Waals surface area contributed by atoms with E-state index in [0.29, 0.717) is 6.42 Å². The van der Waals surface area contributed by atoms with Crippen LogP contribution in [0.2, 0.25) is 0 Å². The molecule has 1 fully saturated rings. The highest BCUT2D eigenvalue weighted by Gasteiger charge is 2.50. The summed E-state index contributed by atoms with van der Waals surface area (Å²) in [4.78, 5) is 14.4. The second kappa shape index (κ2) is 3.11. The van der Waals surface area contributed by atoms with Crippen molar-refractivity contribution in [1.29, 1.82) is 0 Å². The molecule has 0 unspecified atom stereocenters. The highest BCUT2D eigenvalue weighted by Crippen LogP contribution is 2.48. The number of H-pyrrole nitrogens is 1. The van der Waals surface area contributed by atoms with Crippen LogP contribution in [0.3, 0.4) is 0 Å². The summed E-state index contributed by atoms with van der Waals surface area (Å²) >= 11 is 0. The van der Waals surface area contributed by atoms with Crippen LogP contribution >= 0.6 is 0 Å². The molecule has 0 radical (unpaired) electrons. The van der Waals surface area contributed by atoms with Crippen molar-refractivity contribution in [1.82, 2.24) is 4.98 Å². The molecule has 0 amide bonds. The van der Waals surface area contributed by atoms with Crippen molar-refractivity contribution < 1.29 is 9.90 Å². The number of hydrogen-bond donors (Lipinski definition) is 2. The molecule has 2 aromatic rings. The second-order valence-electron chi connectivity index (χ2n) is 4.64. The molecular formula is C13H13NO2. The highest BCUT2D eigenvalue weighted by molar-refractivity contribution is 5.81. The van der Waals surface area contributed by atoms with Crippen LogP contribution < -0.4 is 0 Å². The van der Waals surface area contributed by atoms with Gasteiger partial charge in [-0.25, -0.2) is 0 Å². The van der Waals surface area contributed by atoms with E-state index in [1.54, 1.807) is 0 Å². The summed E-state index contributed by atoms with van der Waals surface area (Å²) in [5, 5.41) is 10.3. The van der Waals surface area contributed by atoms with Crippen molar-refractivity contribution in [3.63, 3.8) is 0 Å². The van der Waals surface area contributed by atoms with Gasteiger partial charge < -0.3 is 10.1 Å². The van der Waals surface area contributed by atoms with Crippen molar-refractivity contribution in [2.24, 2.45) is 5.41 Å². The maximum Gasteiger partial charge on any atom is 0.310 e. The van der Waals surface area contributed by atoms with E-state index in [0.717, 1.165) is 29.4 Å². The van der Waals surface area contributed by atoms with Crippen LogP contribution in [-0.2, 0) is 11.2 Å². The molecule has 0 atom stereocenters. The minimum atomic E-state index is -0.661. The maximum atomic E-state index is 11.1. The molecule has 1 aliphatic carbocycles. The van der Waals surface area contributed by atoms with Gasteiger partial charge in [-0.1, -0.05) is 18.2 Å². The molecular weight excluding hydrogens is 202 g/mol. The third-order valence-electron chi connectivity index (χ3n) is 3.42. The third-order valence-corrected chi connectivity index (χ3v) is 3.42. The summed E-state index contributed by atoms with van der Waals surface area (Å²) in [5.41, 5.74) is 1.63. The Labute approximate surface area is 93.1 Å². The normalized spacial score (nSPS) is 17.5. The first kappa shape index (κ1) is 9.46. The summed E-state index contributed by atoms with van der Waals surface area (Å²) in [5.74, 6) is -0.661. The van der Waals surface area contributed by atoms with E-state index < -0.39 is 11.4 Å². The smallest absolute Gasteiger partial charge is 0.310 e. The van der Waals surface area contributed by atoms with E-state index >= 15 is 0 Å². The van der Waals surface area contributed by atoms with Crippen LogP contribution in [0.15, 0.2) is 30.3 Å². The Morgan fingerprint density at radius 3 is 2.75 bits per heavy atom. The first-order valence-corrected chi connectivity index (χ1v) is 5.50. The molecule has 1 aromatic heterocycles. The topological polar surface area (TPSA) is 53.1 Å². The van der Waals surface area contributed by atoms with Gasteiger partial charge in [-0.2, -0.15) is 0 Å². The lowest BCUT2D eigenvalue weighted by atomic mass is 10.0. The van der Waals surface area contributed by atoms with Gasteiger partial charge in [0, 0.05) is 17.6 Å². The Balaban J connectivity index is 1.93. The molecule has 1 aromatic carbocycles. The average Bonchev–Trinajstić information content (AvgIpc) is 2.92. The zero-order valence-corrected chi connectivity index (χ0v) is 8.86. The van der Waals surface area contributed by atoms with Crippen molar-refractivity contribution >= 4 is 16.9 Å². The predicted octanol–water partition coefficient (Wildman–Crippen LogP) is 2.58.